The standard InChI is InChI=1S/C17H15F3N2O4S/c18-13-4-5-14(16(20)15(13)19)21-17(23)11-2-1-3-12(10-11)27(24,25)22-6-8-26-9-7-22/h1-5,10H,6-9H2,(H,21,23). The predicted octanol–water partition coefficient (Wildman–Crippen LogP) is 2.38. The number of nitrogens with zero attached hydrogens (tertiary/aromatic N) is 1. The molecule has 1 aliphatic heterocycles. The van der Waals surface area contributed by atoms with Crippen LogP contribution in [0.5, 0.6) is 0 Å². The quantitative estimate of drug-likeness (QED) is 0.800. The second-order valence-electron chi connectivity index (χ2n) is 5.72. The first-order valence-electron chi connectivity index (χ1n) is 7.93. The second-order valence-corrected chi connectivity index (χ2v) is 7.66. The van der Waals surface area contributed by atoms with Crippen molar-refractivity contribution in [1.82, 2.24) is 4.31 Å². The molecule has 1 N–H and O–H groups in total. The van der Waals surface area contributed by atoms with Crippen LogP contribution >= 0.6 is 0 Å². The van der Waals surface area contributed by atoms with Crippen LogP contribution in [0.1, 0.15) is 10.4 Å². The molecular formula is C17H15F3N2O4S. The molecule has 1 fully saturated rings. The Kier molecular flexibility index (Phi) is 5.49. The van der Waals surface area contributed by atoms with Crippen LogP contribution in [0, 0.1) is 17.5 Å². The SMILES string of the molecule is O=C(Nc1ccc(F)c(F)c1F)c1cccc(S(=O)(=O)N2CCOCC2)c1. The lowest BCUT2D eigenvalue weighted by molar-refractivity contribution is 0.0730. The molecule has 10 heteroatoms. The summed E-state index contributed by atoms with van der Waals surface area (Å²) in [4.78, 5) is 12.2. The molecular weight excluding hydrogens is 385 g/mol. The van der Waals surface area contributed by atoms with Gasteiger partial charge >= 0.3 is 0 Å². The van der Waals surface area contributed by atoms with E-state index in [0.717, 1.165) is 12.1 Å². The van der Waals surface area contributed by atoms with Gasteiger partial charge in [-0.15, -0.1) is 0 Å². The highest BCUT2D eigenvalue weighted by Crippen LogP contribution is 2.22. The minimum Gasteiger partial charge on any atom is -0.379 e. The normalized spacial score (nSPS) is 15.5. The number of carbonyl (C=O) groups excluding carboxylic acids is 1. The summed E-state index contributed by atoms with van der Waals surface area (Å²) in [5.74, 6) is -5.50. The molecule has 1 saturated heterocycles. The van der Waals surface area contributed by atoms with Gasteiger partial charge in [-0.2, -0.15) is 4.31 Å². The minimum atomic E-state index is -3.82. The van der Waals surface area contributed by atoms with E-state index in [1.165, 1.54) is 22.5 Å². The maximum atomic E-state index is 13.7. The number of morpholine rings is 1. The molecule has 0 bridgehead atoms. The topological polar surface area (TPSA) is 75.7 Å². The molecule has 2 aromatic carbocycles. The molecule has 144 valence electrons. The van der Waals surface area contributed by atoms with Crippen molar-refractivity contribution in [2.24, 2.45) is 0 Å². The molecule has 1 heterocycles. The van der Waals surface area contributed by atoms with Gasteiger partial charge in [0.05, 0.1) is 23.8 Å². The Labute approximate surface area is 153 Å². The first-order chi connectivity index (χ1) is 12.8. The fourth-order valence-corrected chi connectivity index (χ4v) is 4.01. The van der Waals surface area contributed by atoms with E-state index in [4.69, 9.17) is 4.74 Å². The number of sulfonamides is 1. The van der Waals surface area contributed by atoms with Crippen molar-refractivity contribution in [2.45, 2.75) is 4.90 Å². The van der Waals surface area contributed by atoms with E-state index in [2.05, 4.69) is 5.32 Å². The number of carbonyl (C=O) groups is 1. The second kappa shape index (κ2) is 7.67. The van der Waals surface area contributed by atoms with Crippen molar-refractivity contribution < 1.29 is 31.1 Å². The zero-order valence-corrected chi connectivity index (χ0v) is 14.7. The van der Waals surface area contributed by atoms with Crippen molar-refractivity contribution in [2.75, 3.05) is 31.6 Å². The number of hydrogen-bond acceptors (Lipinski definition) is 4. The van der Waals surface area contributed by atoms with E-state index in [1.54, 1.807) is 0 Å². The first-order valence-corrected chi connectivity index (χ1v) is 9.37. The number of rotatable bonds is 4. The maximum absolute atomic E-state index is 13.7. The molecule has 0 spiro atoms. The van der Waals surface area contributed by atoms with Gasteiger partial charge in [0.15, 0.2) is 17.5 Å². The summed E-state index contributed by atoms with van der Waals surface area (Å²) >= 11 is 0. The average Bonchev–Trinajstić information content (AvgIpc) is 2.69. The van der Waals surface area contributed by atoms with Gasteiger partial charge in [-0.25, -0.2) is 21.6 Å². The van der Waals surface area contributed by atoms with Crippen LogP contribution in [0.15, 0.2) is 41.3 Å². The number of benzene rings is 2. The molecule has 1 aliphatic rings. The summed E-state index contributed by atoms with van der Waals surface area (Å²) in [6.07, 6.45) is 0. The number of ether oxygens (including phenoxy) is 1. The molecule has 6 nitrogen and oxygen atoms in total. The van der Waals surface area contributed by atoms with Gasteiger partial charge in [0.2, 0.25) is 10.0 Å². The predicted molar refractivity (Wildman–Crippen MR) is 90.3 cm³/mol. The summed E-state index contributed by atoms with van der Waals surface area (Å²) in [6, 6.07) is 6.71. The molecule has 0 atom stereocenters. The fourth-order valence-electron chi connectivity index (χ4n) is 2.55. The van der Waals surface area contributed by atoms with Crippen LogP contribution < -0.4 is 5.32 Å². The summed E-state index contributed by atoms with van der Waals surface area (Å²) in [5, 5.41) is 2.10. The Hall–Kier alpha value is -2.43. The summed E-state index contributed by atoms with van der Waals surface area (Å²) in [5.41, 5.74) is -0.631. The van der Waals surface area contributed by atoms with Gasteiger partial charge < -0.3 is 10.1 Å². The summed E-state index contributed by atoms with van der Waals surface area (Å²) in [6.45, 7) is 0.932. The van der Waals surface area contributed by atoms with Crippen LogP contribution in [0.25, 0.3) is 0 Å². The highest BCUT2D eigenvalue weighted by molar-refractivity contribution is 7.89. The number of anilines is 1. The van der Waals surface area contributed by atoms with Crippen molar-refractivity contribution in [3.05, 3.63) is 59.4 Å². The highest BCUT2D eigenvalue weighted by Gasteiger charge is 2.27. The third-order valence-corrected chi connectivity index (χ3v) is 5.88. The first kappa shape index (κ1) is 19.3. The summed E-state index contributed by atoms with van der Waals surface area (Å²) < 4.78 is 71.6. The third kappa shape index (κ3) is 3.97. The van der Waals surface area contributed by atoms with Gasteiger partial charge in [-0.1, -0.05) is 6.07 Å². The third-order valence-electron chi connectivity index (χ3n) is 3.99. The molecule has 0 aromatic heterocycles. The molecule has 0 radical (unpaired) electrons. The monoisotopic (exact) mass is 400 g/mol. The van der Waals surface area contributed by atoms with Gasteiger partial charge in [-0.05, 0) is 30.3 Å². The largest absolute Gasteiger partial charge is 0.379 e. The van der Waals surface area contributed by atoms with E-state index in [9.17, 15) is 26.4 Å². The van der Waals surface area contributed by atoms with E-state index >= 15 is 0 Å². The Morgan fingerprint density at radius 1 is 1.04 bits per heavy atom. The molecule has 1 amide bonds. The Balaban J connectivity index is 1.85. The lowest BCUT2D eigenvalue weighted by Gasteiger charge is -2.26. The zero-order chi connectivity index (χ0) is 19.6. The van der Waals surface area contributed by atoms with Gasteiger partial charge in [0.1, 0.15) is 0 Å². The maximum Gasteiger partial charge on any atom is 0.255 e. The molecule has 0 aliphatic carbocycles. The lowest BCUT2D eigenvalue weighted by atomic mass is 10.2. The van der Waals surface area contributed by atoms with Crippen molar-refractivity contribution in [1.29, 1.82) is 0 Å². The molecule has 3 rings (SSSR count). The number of hydrogen-bond donors (Lipinski definition) is 1. The van der Waals surface area contributed by atoms with Crippen LogP contribution in [-0.2, 0) is 14.8 Å². The minimum absolute atomic E-state index is 0.0755. The Morgan fingerprint density at radius 2 is 1.74 bits per heavy atom. The van der Waals surface area contributed by atoms with Gasteiger partial charge in [-0.3, -0.25) is 4.79 Å². The van der Waals surface area contributed by atoms with Crippen LogP contribution in [0.2, 0.25) is 0 Å². The lowest BCUT2D eigenvalue weighted by Crippen LogP contribution is -2.40. The molecule has 2 aromatic rings. The number of amides is 1. The smallest absolute Gasteiger partial charge is 0.255 e. The number of halogens is 3. The van der Waals surface area contributed by atoms with Crippen molar-refractivity contribution >= 4 is 21.6 Å². The molecule has 0 saturated carbocycles. The average molecular weight is 400 g/mol. The van der Waals surface area contributed by atoms with Crippen molar-refractivity contribution in [3.8, 4) is 0 Å². The molecule has 27 heavy (non-hydrogen) atoms. The molecule has 0 unspecified atom stereocenters. The highest BCUT2D eigenvalue weighted by atomic mass is 32.2. The van der Waals surface area contributed by atoms with Gasteiger partial charge in [0, 0.05) is 18.7 Å². The van der Waals surface area contributed by atoms with Crippen LogP contribution in [0.3, 0.4) is 0 Å². The van der Waals surface area contributed by atoms with E-state index in [0.29, 0.717) is 6.07 Å². The van der Waals surface area contributed by atoms with E-state index in [1.807, 2.05) is 0 Å². The Morgan fingerprint density at radius 3 is 2.44 bits per heavy atom. The van der Waals surface area contributed by atoms with Crippen molar-refractivity contribution in [3.63, 3.8) is 0 Å². The zero-order valence-electron chi connectivity index (χ0n) is 13.9. The van der Waals surface area contributed by atoms with Crippen LogP contribution in [-0.4, -0.2) is 44.9 Å². The van der Waals surface area contributed by atoms with Crippen LogP contribution in [0.4, 0.5) is 18.9 Å². The van der Waals surface area contributed by atoms with Gasteiger partial charge in [0.25, 0.3) is 5.91 Å². The van der Waals surface area contributed by atoms with E-state index < -0.39 is 39.1 Å². The fraction of sp³-hybridized carbons (Fsp3) is 0.235. The van der Waals surface area contributed by atoms with E-state index in [-0.39, 0.29) is 36.8 Å². The number of nitrogens with one attached hydrogen (secondary N) is 1. The summed E-state index contributed by atoms with van der Waals surface area (Å²) in [7, 11) is -3.82. The Bertz CT molecular complexity index is 976.